The summed E-state index contributed by atoms with van der Waals surface area (Å²) in [4.78, 5) is 14.8. The molecule has 2 heterocycles. The minimum atomic E-state index is 0. The zero-order valence-electron chi connectivity index (χ0n) is 15.8. The number of thiazole rings is 1. The first-order chi connectivity index (χ1) is 12.1. The Morgan fingerprint density at radius 3 is 2.73 bits per heavy atom. The van der Waals surface area contributed by atoms with Gasteiger partial charge in [-0.1, -0.05) is 6.07 Å². The van der Waals surface area contributed by atoms with Gasteiger partial charge in [0.05, 0.1) is 23.9 Å². The average molecular weight is 489 g/mol. The number of aryl methyl sites for hydroxylation is 2. The van der Waals surface area contributed by atoms with Crippen molar-refractivity contribution in [2.45, 2.75) is 40.7 Å². The molecular weight excluding hydrogens is 461 g/mol. The van der Waals surface area contributed by atoms with E-state index in [1.54, 1.807) is 17.5 Å². The second kappa shape index (κ2) is 12.1. The molecule has 2 N–H and O–H groups in total. The van der Waals surface area contributed by atoms with Crippen LogP contribution in [0.5, 0.6) is 5.88 Å². The molecular formula is C18H28IN5OS. The molecule has 0 spiro atoms. The van der Waals surface area contributed by atoms with E-state index in [2.05, 4.69) is 46.4 Å². The van der Waals surface area contributed by atoms with Crippen LogP contribution in [-0.2, 0) is 13.0 Å². The molecule has 144 valence electrons. The maximum Gasteiger partial charge on any atom is 0.218 e. The van der Waals surface area contributed by atoms with Crippen LogP contribution in [0.15, 0.2) is 23.3 Å². The van der Waals surface area contributed by atoms with E-state index < -0.39 is 0 Å². The molecule has 2 rings (SSSR count). The molecule has 2 aromatic rings. The number of guanidine groups is 1. The molecule has 0 saturated carbocycles. The Bertz CT molecular complexity index is 685. The van der Waals surface area contributed by atoms with Crippen LogP contribution in [0.1, 0.15) is 35.0 Å². The highest BCUT2D eigenvalue weighted by Crippen LogP contribution is 2.16. The van der Waals surface area contributed by atoms with Crippen molar-refractivity contribution >= 4 is 41.3 Å². The number of hydrogen-bond donors (Lipinski definition) is 2. The van der Waals surface area contributed by atoms with Gasteiger partial charge in [-0.2, -0.15) is 0 Å². The Morgan fingerprint density at radius 1 is 1.27 bits per heavy atom. The molecule has 0 aliphatic rings. The maximum atomic E-state index is 5.55. The monoisotopic (exact) mass is 489 g/mol. The molecule has 2 aromatic heterocycles. The molecule has 8 heteroatoms. The third-order valence-electron chi connectivity index (χ3n) is 3.59. The van der Waals surface area contributed by atoms with E-state index in [0.29, 0.717) is 19.0 Å². The van der Waals surface area contributed by atoms with Gasteiger partial charge in [-0.15, -0.1) is 35.3 Å². The Labute approximate surface area is 176 Å². The van der Waals surface area contributed by atoms with Gasteiger partial charge in [-0.25, -0.2) is 15.0 Å². The molecule has 0 unspecified atom stereocenters. The number of aliphatic imine (C=N–C) groups is 1. The highest BCUT2D eigenvalue weighted by atomic mass is 127. The summed E-state index contributed by atoms with van der Waals surface area (Å²) < 4.78 is 5.55. The summed E-state index contributed by atoms with van der Waals surface area (Å²) in [6.45, 7) is 10.9. The van der Waals surface area contributed by atoms with E-state index in [0.717, 1.165) is 41.7 Å². The van der Waals surface area contributed by atoms with Gasteiger partial charge in [0.25, 0.3) is 0 Å². The third kappa shape index (κ3) is 7.06. The predicted molar refractivity (Wildman–Crippen MR) is 119 cm³/mol. The Morgan fingerprint density at radius 2 is 2.08 bits per heavy atom. The molecule has 0 fully saturated rings. The summed E-state index contributed by atoms with van der Waals surface area (Å²) in [6.07, 6.45) is 2.63. The van der Waals surface area contributed by atoms with Crippen LogP contribution in [0, 0.1) is 13.8 Å². The van der Waals surface area contributed by atoms with Gasteiger partial charge in [-0.3, -0.25) is 0 Å². The molecule has 0 amide bonds. The van der Waals surface area contributed by atoms with E-state index in [4.69, 9.17) is 4.74 Å². The van der Waals surface area contributed by atoms with Crippen molar-refractivity contribution in [2.24, 2.45) is 4.99 Å². The smallest absolute Gasteiger partial charge is 0.218 e. The van der Waals surface area contributed by atoms with Crippen molar-refractivity contribution in [1.29, 1.82) is 0 Å². The standard InChI is InChI=1S/C18H27N5OS.HI/c1-5-19-18(21-11-9-16-23-13(3)14(4)25-16)22-12-15-8-7-10-20-17(15)24-6-2;/h7-8,10H,5-6,9,11-12H2,1-4H3,(H2,19,21,22);1H. The number of ether oxygens (including phenoxy) is 1. The lowest BCUT2D eigenvalue weighted by molar-refractivity contribution is 0.323. The Kier molecular flexibility index (Phi) is 10.5. The number of halogens is 1. The molecule has 0 atom stereocenters. The van der Waals surface area contributed by atoms with Crippen LogP contribution in [0.25, 0.3) is 0 Å². The van der Waals surface area contributed by atoms with E-state index in [1.165, 1.54) is 4.88 Å². The molecule has 0 aliphatic carbocycles. The second-order valence-electron chi connectivity index (χ2n) is 5.52. The van der Waals surface area contributed by atoms with Crippen LogP contribution in [0.2, 0.25) is 0 Å². The van der Waals surface area contributed by atoms with E-state index in [-0.39, 0.29) is 24.0 Å². The fourth-order valence-corrected chi connectivity index (χ4v) is 3.18. The van der Waals surface area contributed by atoms with Crippen LogP contribution < -0.4 is 15.4 Å². The summed E-state index contributed by atoms with van der Waals surface area (Å²) in [7, 11) is 0. The first-order valence-electron chi connectivity index (χ1n) is 8.65. The van der Waals surface area contributed by atoms with E-state index >= 15 is 0 Å². The summed E-state index contributed by atoms with van der Waals surface area (Å²) in [5.74, 6) is 1.44. The van der Waals surface area contributed by atoms with Crippen molar-refractivity contribution in [3.05, 3.63) is 39.5 Å². The van der Waals surface area contributed by atoms with E-state index in [9.17, 15) is 0 Å². The summed E-state index contributed by atoms with van der Waals surface area (Å²) in [6, 6.07) is 3.90. The normalized spacial score (nSPS) is 11.0. The van der Waals surface area contributed by atoms with Crippen molar-refractivity contribution in [3.8, 4) is 5.88 Å². The Balaban J connectivity index is 0.00000338. The van der Waals surface area contributed by atoms with Crippen LogP contribution in [-0.4, -0.2) is 35.6 Å². The zero-order chi connectivity index (χ0) is 18.1. The first kappa shape index (κ1) is 22.6. The minimum absolute atomic E-state index is 0. The number of pyridine rings is 1. The summed E-state index contributed by atoms with van der Waals surface area (Å²) in [5.41, 5.74) is 2.10. The number of rotatable bonds is 8. The molecule has 0 radical (unpaired) electrons. The van der Waals surface area contributed by atoms with Gasteiger partial charge in [0.2, 0.25) is 5.88 Å². The lowest BCUT2D eigenvalue weighted by atomic mass is 10.3. The minimum Gasteiger partial charge on any atom is -0.478 e. The summed E-state index contributed by atoms with van der Waals surface area (Å²) >= 11 is 1.76. The number of hydrogen-bond acceptors (Lipinski definition) is 5. The molecule has 0 saturated heterocycles. The largest absolute Gasteiger partial charge is 0.478 e. The van der Waals surface area contributed by atoms with E-state index in [1.807, 2.05) is 19.1 Å². The van der Waals surface area contributed by atoms with Gasteiger partial charge >= 0.3 is 0 Å². The number of nitrogens with one attached hydrogen (secondary N) is 2. The fraction of sp³-hybridized carbons (Fsp3) is 0.500. The number of nitrogens with zero attached hydrogens (tertiary/aromatic N) is 3. The lowest BCUT2D eigenvalue weighted by Crippen LogP contribution is -2.38. The number of aromatic nitrogens is 2. The molecule has 26 heavy (non-hydrogen) atoms. The highest BCUT2D eigenvalue weighted by Gasteiger charge is 2.06. The molecule has 0 bridgehead atoms. The lowest BCUT2D eigenvalue weighted by Gasteiger charge is -2.11. The van der Waals surface area contributed by atoms with Gasteiger partial charge in [0.15, 0.2) is 5.96 Å². The highest BCUT2D eigenvalue weighted by molar-refractivity contribution is 14.0. The van der Waals surface area contributed by atoms with Crippen molar-refractivity contribution < 1.29 is 4.74 Å². The molecule has 6 nitrogen and oxygen atoms in total. The quantitative estimate of drug-likeness (QED) is 0.338. The fourth-order valence-electron chi connectivity index (χ4n) is 2.25. The second-order valence-corrected chi connectivity index (χ2v) is 6.81. The SMILES string of the molecule is CCNC(=NCc1cccnc1OCC)NCCc1nc(C)c(C)s1.I. The topological polar surface area (TPSA) is 71.4 Å². The van der Waals surface area contributed by atoms with Gasteiger partial charge < -0.3 is 15.4 Å². The van der Waals surface area contributed by atoms with Crippen molar-refractivity contribution in [2.75, 3.05) is 19.7 Å². The van der Waals surface area contributed by atoms with Crippen molar-refractivity contribution in [3.63, 3.8) is 0 Å². The van der Waals surface area contributed by atoms with Crippen LogP contribution in [0.3, 0.4) is 0 Å². The molecule has 0 aromatic carbocycles. The molecule has 0 aliphatic heterocycles. The maximum absolute atomic E-state index is 5.55. The van der Waals surface area contributed by atoms with Crippen LogP contribution >= 0.6 is 35.3 Å². The summed E-state index contributed by atoms with van der Waals surface area (Å²) in [5, 5.41) is 7.79. The predicted octanol–water partition coefficient (Wildman–Crippen LogP) is 3.47. The first-order valence-corrected chi connectivity index (χ1v) is 9.47. The third-order valence-corrected chi connectivity index (χ3v) is 4.72. The van der Waals surface area contributed by atoms with Gasteiger partial charge in [0.1, 0.15) is 0 Å². The van der Waals surface area contributed by atoms with Crippen molar-refractivity contribution in [1.82, 2.24) is 20.6 Å². The Hall–Kier alpha value is -1.42. The van der Waals surface area contributed by atoms with Crippen LogP contribution in [0.4, 0.5) is 0 Å². The zero-order valence-corrected chi connectivity index (χ0v) is 19.0. The van der Waals surface area contributed by atoms with Gasteiger partial charge in [-0.05, 0) is 33.8 Å². The van der Waals surface area contributed by atoms with Gasteiger partial charge in [0, 0.05) is 36.1 Å². The average Bonchev–Trinajstić information content (AvgIpc) is 2.92.